The van der Waals surface area contributed by atoms with Crippen LogP contribution in [0.2, 0.25) is 0 Å². The Bertz CT molecular complexity index is 381. The number of anilines is 1. The van der Waals surface area contributed by atoms with Crippen LogP contribution in [0.3, 0.4) is 0 Å². The molecule has 0 aliphatic rings. The van der Waals surface area contributed by atoms with Gasteiger partial charge in [-0.25, -0.2) is 0 Å². The topological polar surface area (TPSA) is 38.9 Å². The van der Waals surface area contributed by atoms with E-state index in [4.69, 9.17) is 5.73 Å². The van der Waals surface area contributed by atoms with Crippen LogP contribution in [0.1, 0.15) is 10.4 Å². The summed E-state index contributed by atoms with van der Waals surface area (Å²) >= 11 is 1.63. The average Bonchev–Trinajstić information content (AvgIpc) is 2.53. The van der Waals surface area contributed by atoms with Gasteiger partial charge >= 0.3 is 0 Å². The summed E-state index contributed by atoms with van der Waals surface area (Å²) in [5.41, 5.74) is 6.86. The van der Waals surface area contributed by atoms with E-state index in [1.807, 2.05) is 18.3 Å². The number of nitrogens with two attached hydrogens (primary N) is 1. The SMILES string of the molecule is Nc1ccc(Cc2cccnc2)s1. The smallest absolute Gasteiger partial charge is 0.0859 e. The van der Waals surface area contributed by atoms with Gasteiger partial charge in [0.1, 0.15) is 0 Å². The van der Waals surface area contributed by atoms with Crippen molar-refractivity contribution in [2.24, 2.45) is 0 Å². The molecule has 2 aromatic rings. The molecule has 0 atom stereocenters. The lowest BCUT2D eigenvalue weighted by Crippen LogP contribution is -1.84. The van der Waals surface area contributed by atoms with Crippen LogP contribution >= 0.6 is 11.3 Å². The molecule has 0 saturated heterocycles. The maximum Gasteiger partial charge on any atom is 0.0859 e. The molecule has 0 fully saturated rings. The Morgan fingerprint density at radius 2 is 2.23 bits per heavy atom. The van der Waals surface area contributed by atoms with Crippen molar-refractivity contribution in [1.29, 1.82) is 0 Å². The molecule has 2 rings (SSSR count). The fourth-order valence-corrected chi connectivity index (χ4v) is 2.01. The molecular formula is C10H10N2S. The predicted molar refractivity (Wildman–Crippen MR) is 55.8 cm³/mol. The minimum atomic E-state index is 0.874. The van der Waals surface area contributed by atoms with E-state index in [1.165, 1.54) is 10.4 Å². The van der Waals surface area contributed by atoms with Crippen LogP contribution in [-0.4, -0.2) is 4.98 Å². The summed E-state index contributed by atoms with van der Waals surface area (Å²) in [5, 5.41) is 0.874. The maximum atomic E-state index is 5.64. The highest BCUT2D eigenvalue weighted by Crippen LogP contribution is 2.20. The van der Waals surface area contributed by atoms with Crippen LogP contribution in [0.5, 0.6) is 0 Å². The van der Waals surface area contributed by atoms with Gasteiger partial charge < -0.3 is 5.73 Å². The van der Waals surface area contributed by atoms with Crippen molar-refractivity contribution >= 4 is 16.3 Å². The van der Waals surface area contributed by atoms with Gasteiger partial charge in [0, 0.05) is 23.7 Å². The molecule has 0 saturated carbocycles. The molecule has 2 N–H and O–H groups in total. The van der Waals surface area contributed by atoms with E-state index in [2.05, 4.69) is 17.1 Å². The van der Waals surface area contributed by atoms with E-state index in [0.29, 0.717) is 0 Å². The van der Waals surface area contributed by atoms with Crippen molar-refractivity contribution in [1.82, 2.24) is 4.98 Å². The lowest BCUT2D eigenvalue weighted by atomic mass is 10.2. The van der Waals surface area contributed by atoms with Crippen molar-refractivity contribution in [3.63, 3.8) is 0 Å². The largest absolute Gasteiger partial charge is 0.391 e. The molecule has 66 valence electrons. The summed E-state index contributed by atoms with van der Waals surface area (Å²) < 4.78 is 0. The minimum Gasteiger partial charge on any atom is -0.391 e. The molecule has 0 bridgehead atoms. The minimum absolute atomic E-state index is 0.874. The highest BCUT2D eigenvalue weighted by atomic mass is 32.1. The molecule has 0 radical (unpaired) electrons. The van der Waals surface area contributed by atoms with Crippen LogP contribution in [0.15, 0.2) is 36.7 Å². The first-order valence-electron chi connectivity index (χ1n) is 4.08. The Hall–Kier alpha value is -1.35. The highest BCUT2D eigenvalue weighted by molar-refractivity contribution is 7.15. The van der Waals surface area contributed by atoms with E-state index in [1.54, 1.807) is 17.5 Å². The van der Waals surface area contributed by atoms with Crippen molar-refractivity contribution < 1.29 is 0 Å². The zero-order valence-corrected chi connectivity index (χ0v) is 7.92. The third kappa shape index (κ3) is 2.06. The number of nitrogens with zero attached hydrogens (tertiary/aromatic N) is 1. The van der Waals surface area contributed by atoms with E-state index in [9.17, 15) is 0 Å². The Morgan fingerprint density at radius 3 is 2.85 bits per heavy atom. The molecule has 3 heteroatoms. The second-order valence-corrected chi connectivity index (χ2v) is 4.04. The van der Waals surface area contributed by atoms with Gasteiger partial charge in [-0.05, 0) is 23.8 Å². The van der Waals surface area contributed by atoms with Crippen LogP contribution in [0.4, 0.5) is 5.00 Å². The number of nitrogen functional groups attached to an aromatic ring is 1. The Labute approximate surface area is 81.1 Å². The quantitative estimate of drug-likeness (QED) is 0.789. The van der Waals surface area contributed by atoms with Gasteiger partial charge in [0.25, 0.3) is 0 Å². The summed E-state index contributed by atoms with van der Waals surface area (Å²) in [5.74, 6) is 0. The van der Waals surface area contributed by atoms with Gasteiger partial charge in [-0.1, -0.05) is 6.07 Å². The molecule has 0 amide bonds. The normalized spacial score (nSPS) is 10.2. The van der Waals surface area contributed by atoms with Crippen LogP contribution in [0, 0.1) is 0 Å². The second kappa shape index (κ2) is 3.58. The molecule has 2 aromatic heterocycles. The number of hydrogen-bond acceptors (Lipinski definition) is 3. The molecular weight excluding hydrogens is 180 g/mol. The first-order valence-corrected chi connectivity index (χ1v) is 4.89. The van der Waals surface area contributed by atoms with Crippen molar-refractivity contribution in [2.45, 2.75) is 6.42 Å². The fourth-order valence-electron chi connectivity index (χ4n) is 1.19. The summed E-state index contributed by atoms with van der Waals surface area (Å²) in [7, 11) is 0. The number of rotatable bonds is 2. The van der Waals surface area contributed by atoms with Gasteiger partial charge in [-0.15, -0.1) is 11.3 Å². The molecule has 0 aliphatic heterocycles. The predicted octanol–water partition coefficient (Wildman–Crippen LogP) is 2.32. The fraction of sp³-hybridized carbons (Fsp3) is 0.100. The Morgan fingerprint density at radius 1 is 1.31 bits per heavy atom. The van der Waals surface area contributed by atoms with Crippen molar-refractivity contribution in [2.75, 3.05) is 5.73 Å². The summed E-state index contributed by atoms with van der Waals surface area (Å²) in [4.78, 5) is 5.34. The number of pyridine rings is 1. The van der Waals surface area contributed by atoms with Gasteiger partial charge in [0.05, 0.1) is 5.00 Å². The molecule has 0 aromatic carbocycles. The lowest BCUT2D eigenvalue weighted by Gasteiger charge is -1.95. The van der Waals surface area contributed by atoms with E-state index < -0.39 is 0 Å². The van der Waals surface area contributed by atoms with Crippen molar-refractivity contribution in [3.05, 3.63) is 47.1 Å². The number of hydrogen-bond donors (Lipinski definition) is 1. The molecule has 0 unspecified atom stereocenters. The average molecular weight is 190 g/mol. The van der Waals surface area contributed by atoms with Crippen LogP contribution in [-0.2, 0) is 6.42 Å². The van der Waals surface area contributed by atoms with E-state index in [-0.39, 0.29) is 0 Å². The third-order valence-electron chi connectivity index (χ3n) is 1.78. The molecule has 2 heterocycles. The molecule has 13 heavy (non-hydrogen) atoms. The van der Waals surface area contributed by atoms with Gasteiger partial charge in [0.15, 0.2) is 0 Å². The monoisotopic (exact) mass is 190 g/mol. The first kappa shape index (κ1) is 8.26. The second-order valence-electron chi connectivity index (χ2n) is 2.84. The third-order valence-corrected chi connectivity index (χ3v) is 2.70. The van der Waals surface area contributed by atoms with Crippen LogP contribution < -0.4 is 5.73 Å². The zero-order chi connectivity index (χ0) is 9.10. The Balaban J connectivity index is 2.15. The number of aromatic nitrogens is 1. The van der Waals surface area contributed by atoms with Crippen LogP contribution in [0.25, 0.3) is 0 Å². The van der Waals surface area contributed by atoms with Crippen molar-refractivity contribution in [3.8, 4) is 0 Å². The first-order chi connectivity index (χ1) is 6.34. The molecule has 0 aliphatic carbocycles. The highest BCUT2D eigenvalue weighted by Gasteiger charge is 1.98. The Kier molecular flexibility index (Phi) is 2.27. The summed E-state index contributed by atoms with van der Waals surface area (Å²) in [6.45, 7) is 0. The molecule has 0 spiro atoms. The standard InChI is InChI=1S/C10H10N2S/c11-10-4-3-9(13-10)6-8-2-1-5-12-7-8/h1-5,7H,6,11H2. The maximum absolute atomic E-state index is 5.64. The molecule has 2 nitrogen and oxygen atoms in total. The summed E-state index contributed by atoms with van der Waals surface area (Å²) in [6, 6.07) is 8.03. The van der Waals surface area contributed by atoms with Gasteiger partial charge in [0.2, 0.25) is 0 Å². The van der Waals surface area contributed by atoms with E-state index in [0.717, 1.165) is 11.4 Å². The van der Waals surface area contributed by atoms with E-state index >= 15 is 0 Å². The number of thiophene rings is 1. The van der Waals surface area contributed by atoms with Gasteiger partial charge in [-0.3, -0.25) is 4.98 Å². The summed E-state index contributed by atoms with van der Waals surface area (Å²) in [6.07, 6.45) is 4.60. The van der Waals surface area contributed by atoms with Gasteiger partial charge in [-0.2, -0.15) is 0 Å². The lowest BCUT2D eigenvalue weighted by molar-refractivity contribution is 1.17. The zero-order valence-electron chi connectivity index (χ0n) is 7.10.